The minimum absolute atomic E-state index is 0.308. The summed E-state index contributed by atoms with van der Waals surface area (Å²) >= 11 is 1.91. The lowest BCUT2D eigenvalue weighted by atomic mass is 10.2. The highest BCUT2D eigenvalue weighted by molar-refractivity contribution is 7.99. The second-order valence-corrected chi connectivity index (χ2v) is 4.31. The fourth-order valence-electron chi connectivity index (χ4n) is 1.01. The summed E-state index contributed by atoms with van der Waals surface area (Å²) in [7, 11) is 0. The average Bonchev–Trinajstić information content (AvgIpc) is 2.14. The van der Waals surface area contributed by atoms with Crippen molar-refractivity contribution in [3.8, 4) is 0 Å². The summed E-state index contributed by atoms with van der Waals surface area (Å²) in [6.07, 6.45) is 4.79. The van der Waals surface area contributed by atoms with Crippen LogP contribution in [0.4, 0.5) is 0 Å². The first-order chi connectivity index (χ1) is 6.29. The molecule has 1 rings (SSSR count). The molecule has 1 aromatic rings. The molecule has 0 spiro atoms. The quantitative estimate of drug-likeness (QED) is 0.729. The molecule has 0 saturated heterocycles. The van der Waals surface area contributed by atoms with Crippen molar-refractivity contribution >= 4 is 11.8 Å². The maximum absolute atomic E-state index is 5.64. The highest BCUT2D eigenvalue weighted by Gasteiger charge is 1.95. The predicted octanol–water partition coefficient (Wildman–Crippen LogP) is 1.70. The summed E-state index contributed by atoms with van der Waals surface area (Å²) in [5, 5.41) is 0. The van der Waals surface area contributed by atoms with Crippen molar-refractivity contribution in [3.63, 3.8) is 0 Å². The lowest BCUT2D eigenvalue weighted by molar-refractivity contribution is 0.846. The van der Waals surface area contributed by atoms with Crippen molar-refractivity contribution < 1.29 is 0 Å². The second kappa shape index (κ2) is 6.00. The largest absolute Gasteiger partial charge is 0.327 e. The van der Waals surface area contributed by atoms with E-state index in [-0.39, 0.29) is 0 Å². The monoisotopic (exact) mass is 196 g/mol. The molecule has 3 heteroatoms. The van der Waals surface area contributed by atoms with Crippen LogP contribution in [0.2, 0.25) is 0 Å². The third-order valence-electron chi connectivity index (χ3n) is 1.67. The van der Waals surface area contributed by atoms with E-state index < -0.39 is 0 Å². The number of aryl methyl sites for hydroxylation is 1. The molecule has 2 nitrogen and oxygen atoms in total. The Hall–Kier alpha value is -0.540. The van der Waals surface area contributed by atoms with Gasteiger partial charge in [-0.3, -0.25) is 4.98 Å². The molecule has 0 aromatic carbocycles. The number of pyridine rings is 1. The zero-order valence-electron chi connectivity index (χ0n) is 7.94. The summed E-state index contributed by atoms with van der Waals surface area (Å²) in [6, 6.07) is 4.43. The Morgan fingerprint density at radius 3 is 2.77 bits per heavy atom. The van der Waals surface area contributed by atoms with Crippen molar-refractivity contribution in [3.05, 3.63) is 30.1 Å². The smallest absolute Gasteiger partial charge is 0.0270 e. The Bertz CT molecular complexity index is 224. The maximum atomic E-state index is 5.64. The van der Waals surface area contributed by atoms with Crippen LogP contribution in [0.5, 0.6) is 0 Å². The van der Waals surface area contributed by atoms with Crippen molar-refractivity contribution in [2.75, 3.05) is 11.5 Å². The van der Waals surface area contributed by atoms with Crippen molar-refractivity contribution in [2.45, 2.75) is 19.4 Å². The number of rotatable bonds is 5. The first-order valence-corrected chi connectivity index (χ1v) is 5.66. The van der Waals surface area contributed by atoms with Crippen LogP contribution in [0.15, 0.2) is 24.5 Å². The van der Waals surface area contributed by atoms with Crippen molar-refractivity contribution in [1.82, 2.24) is 4.98 Å². The molecule has 0 aliphatic rings. The molecule has 1 heterocycles. The SMILES string of the molecule is CC(N)CSCCc1ccncc1. The van der Waals surface area contributed by atoms with Gasteiger partial charge < -0.3 is 5.73 Å². The molecule has 0 saturated carbocycles. The number of hydrogen-bond acceptors (Lipinski definition) is 3. The number of hydrogen-bond donors (Lipinski definition) is 1. The second-order valence-electron chi connectivity index (χ2n) is 3.16. The maximum Gasteiger partial charge on any atom is 0.0270 e. The fraction of sp³-hybridized carbons (Fsp3) is 0.500. The van der Waals surface area contributed by atoms with E-state index in [1.807, 2.05) is 31.1 Å². The third-order valence-corrected chi connectivity index (χ3v) is 2.92. The molecular weight excluding hydrogens is 180 g/mol. The van der Waals surface area contributed by atoms with Gasteiger partial charge in [-0.05, 0) is 36.8 Å². The number of aromatic nitrogens is 1. The molecular formula is C10H16N2S. The number of nitrogens with zero attached hydrogens (tertiary/aromatic N) is 1. The zero-order valence-corrected chi connectivity index (χ0v) is 8.76. The first-order valence-electron chi connectivity index (χ1n) is 4.51. The summed E-state index contributed by atoms with van der Waals surface area (Å²) < 4.78 is 0. The van der Waals surface area contributed by atoms with E-state index in [1.165, 1.54) is 5.56 Å². The van der Waals surface area contributed by atoms with Gasteiger partial charge in [0, 0.05) is 24.2 Å². The Morgan fingerprint density at radius 2 is 2.15 bits per heavy atom. The van der Waals surface area contributed by atoms with E-state index in [0.717, 1.165) is 17.9 Å². The van der Waals surface area contributed by atoms with Crippen molar-refractivity contribution in [2.24, 2.45) is 5.73 Å². The molecule has 0 aliphatic heterocycles. The molecule has 0 aliphatic carbocycles. The molecule has 0 radical (unpaired) electrons. The molecule has 0 fully saturated rings. The molecule has 13 heavy (non-hydrogen) atoms. The average molecular weight is 196 g/mol. The summed E-state index contributed by atoms with van der Waals surface area (Å²) in [5.74, 6) is 2.19. The molecule has 0 amide bonds. The number of nitrogens with two attached hydrogens (primary N) is 1. The van der Waals surface area contributed by atoms with E-state index in [0.29, 0.717) is 6.04 Å². The van der Waals surface area contributed by atoms with Gasteiger partial charge in [0.2, 0.25) is 0 Å². The third kappa shape index (κ3) is 4.90. The first kappa shape index (κ1) is 10.5. The van der Waals surface area contributed by atoms with Gasteiger partial charge in [0.25, 0.3) is 0 Å². The summed E-state index contributed by atoms with van der Waals surface area (Å²) in [6.45, 7) is 2.04. The Kier molecular flexibility index (Phi) is 4.86. The highest BCUT2D eigenvalue weighted by Crippen LogP contribution is 2.06. The molecule has 1 atom stereocenters. The van der Waals surface area contributed by atoms with Crippen molar-refractivity contribution in [1.29, 1.82) is 0 Å². The topological polar surface area (TPSA) is 38.9 Å². The molecule has 72 valence electrons. The molecule has 1 aromatic heterocycles. The van der Waals surface area contributed by atoms with E-state index in [4.69, 9.17) is 5.73 Å². The van der Waals surface area contributed by atoms with E-state index in [9.17, 15) is 0 Å². The summed E-state index contributed by atoms with van der Waals surface area (Å²) in [4.78, 5) is 3.98. The van der Waals surface area contributed by atoms with Crippen LogP contribution in [-0.2, 0) is 6.42 Å². The van der Waals surface area contributed by atoms with Gasteiger partial charge in [-0.1, -0.05) is 0 Å². The van der Waals surface area contributed by atoms with Gasteiger partial charge in [-0.2, -0.15) is 11.8 Å². The van der Waals surface area contributed by atoms with Gasteiger partial charge in [-0.15, -0.1) is 0 Å². The predicted molar refractivity (Wildman–Crippen MR) is 58.9 cm³/mol. The van der Waals surface area contributed by atoms with Crippen LogP contribution < -0.4 is 5.73 Å². The van der Waals surface area contributed by atoms with Crippen LogP contribution in [-0.4, -0.2) is 22.5 Å². The van der Waals surface area contributed by atoms with Crippen LogP contribution >= 0.6 is 11.8 Å². The highest BCUT2D eigenvalue weighted by atomic mass is 32.2. The zero-order chi connectivity index (χ0) is 9.52. The molecule has 1 unspecified atom stereocenters. The Labute approximate surface area is 83.9 Å². The summed E-state index contributed by atoms with van der Waals surface area (Å²) in [5.41, 5.74) is 6.99. The van der Waals surface area contributed by atoms with Crippen LogP contribution in [0.25, 0.3) is 0 Å². The Balaban J connectivity index is 2.13. The molecule has 0 bridgehead atoms. The minimum Gasteiger partial charge on any atom is -0.327 e. The number of thioether (sulfide) groups is 1. The standard InChI is InChI=1S/C10H16N2S/c1-9(11)8-13-7-4-10-2-5-12-6-3-10/h2-3,5-6,9H,4,7-8,11H2,1H3. The lowest BCUT2D eigenvalue weighted by Gasteiger charge is -2.04. The minimum atomic E-state index is 0.308. The van der Waals surface area contributed by atoms with Gasteiger partial charge in [0.1, 0.15) is 0 Å². The van der Waals surface area contributed by atoms with Gasteiger partial charge >= 0.3 is 0 Å². The fourth-order valence-corrected chi connectivity index (χ4v) is 1.93. The van der Waals surface area contributed by atoms with Gasteiger partial charge in [-0.25, -0.2) is 0 Å². The van der Waals surface area contributed by atoms with Crippen LogP contribution in [0, 0.1) is 0 Å². The normalized spacial score (nSPS) is 12.8. The van der Waals surface area contributed by atoms with E-state index in [1.54, 1.807) is 0 Å². The van der Waals surface area contributed by atoms with Crippen LogP contribution in [0.1, 0.15) is 12.5 Å². The van der Waals surface area contributed by atoms with Gasteiger partial charge in [0.05, 0.1) is 0 Å². The Morgan fingerprint density at radius 1 is 1.46 bits per heavy atom. The molecule has 2 N–H and O–H groups in total. The van der Waals surface area contributed by atoms with Gasteiger partial charge in [0.15, 0.2) is 0 Å². The van der Waals surface area contributed by atoms with Crippen LogP contribution in [0.3, 0.4) is 0 Å². The van der Waals surface area contributed by atoms with E-state index in [2.05, 4.69) is 17.1 Å². The van der Waals surface area contributed by atoms with E-state index >= 15 is 0 Å². The lowest BCUT2D eigenvalue weighted by Crippen LogP contribution is -2.17.